The highest BCUT2D eigenvalue weighted by Gasteiger charge is 2.47. The van der Waals surface area contributed by atoms with Crippen molar-refractivity contribution in [2.24, 2.45) is 5.92 Å². The molecule has 1 saturated carbocycles. The second-order valence-corrected chi connectivity index (χ2v) is 11.3. The SMILES string of the molecule is CC1CC2CC(OCc3c(-c4ccccc4C(F)(F)F)noc3C3CC3)CC1N2c1cc(C(F)(F)F)c(C(=O)O)cn1. The van der Waals surface area contributed by atoms with Crippen LogP contribution in [0.25, 0.3) is 11.3 Å². The quantitative estimate of drug-likeness (QED) is 0.287. The van der Waals surface area contributed by atoms with Crippen LogP contribution in [0.2, 0.25) is 0 Å². The molecule has 2 aromatic heterocycles. The molecule has 1 N–H and O–H groups in total. The molecule has 224 valence electrons. The van der Waals surface area contributed by atoms with E-state index < -0.39 is 35.0 Å². The van der Waals surface area contributed by atoms with Crippen molar-refractivity contribution < 1.29 is 45.5 Å². The number of piperidine rings is 1. The number of pyridine rings is 1. The minimum absolute atomic E-state index is 0.0148. The van der Waals surface area contributed by atoms with Crippen LogP contribution in [0.1, 0.15) is 77.8 Å². The molecule has 6 rings (SSSR count). The lowest BCUT2D eigenvalue weighted by Crippen LogP contribution is -2.47. The number of anilines is 1. The second-order valence-electron chi connectivity index (χ2n) is 11.3. The lowest BCUT2D eigenvalue weighted by molar-refractivity contribution is -0.138. The van der Waals surface area contributed by atoms with Gasteiger partial charge < -0.3 is 19.3 Å². The Morgan fingerprint density at radius 2 is 1.79 bits per heavy atom. The average Bonchev–Trinajstić information content (AvgIpc) is 3.64. The van der Waals surface area contributed by atoms with Gasteiger partial charge in [0, 0.05) is 35.3 Å². The zero-order valence-corrected chi connectivity index (χ0v) is 22.4. The van der Waals surface area contributed by atoms with E-state index in [1.165, 1.54) is 18.2 Å². The normalized spacial score (nSPS) is 24.3. The fourth-order valence-electron chi connectivity index (χ4n) is 6.43. The summed E-state index contributed by atoms with van der Waals surface area (Å²) < 4.78 is 94.2. The maximum Gasteiger partial charge on any atom is 0.417 e. The minimum atomic E-state index is -4.86. The van der Waals surface area contributed by atoms with Gasteiger partial charge in [-0.2, -0.15) is 26.3 Å². The molecule has 7 nitrogen and oxygen atoms in total. The molecular formula is C29H27F6N3O4. The van der Waals surface area contributed by atoms with Gasteiger partial charge in [0.25, 0.3) is 0 Å². The number of carboxylic acid groups (broad SMARTS) is 1. The lowest BCUT2D eigenvalue weighted by Gasteiger charge is -2.40. The van der Waals surface area contributed by atoms with Crippen molar-refractivity contribution in [3.05, 3.63) is 64.5 Å². The number of benzene rings is 1. The van der Waals surface area contributed by atoms with Crippen LogP contribution in [0.3, 0.4) is 0 Å². The first-order valence-electron chi connectivity index (χ1n) is 13.7. The van der Waals surface area contributed by atoms with Gasteiger partial charge >= 0.3 is 18.3 Å². The smallest absolute Gasteiger partial charge is 0.417 e. The predicted molar refractivity (Wildman–Crippen MR) is 137 cm³/mol. The van der Waals surface area contributed by atoms with E-state index in [1.54, 1.807) is 0 Å². The number of aromatic carboxylic acids is 1. The number of carbonyl (C=O) groups is 1. The fourth-order valence-corrected chi connectivity index (χ4v) is 6.43. The van der Waals surface area contributed by atoms with Crippen molar-refractivity contribution >= 4 is 11.8 Å². The summed E-state index contributed by atoms with van der Waals surface area (Å²) in [6, 6.07) is 5.57. The van der Waals surface area contributed by atoms with Crippen LogP contribution >= 0.6 is 0 Å². The Labute approximate surface area is 236 Å². The van der Waals surface area contributed by atoms with E-state index in [0.717, 1.165) is 31.2 Å². The fraction of sp³-hybridized carbons (Fsp3) is 0.483. The van der Waals surface area contributed by atoms with Gasteiger partial charge in [-0.3, -0.25) is 0 Å². The Balaban J connectivity index is 1.24. The summed E-state index contributed by atoms with van der Waals surface area (Å²) in [7, 11) is 0. The van der Waals surface area contributed by atoms with Crippen LogP contribution in [-0.2, 0) is 23.7 Å². The van der Waals surface area contributed by atoms with Crippen molar-refractivity contribution in [3.8, 4) is 11.3 Å². The number of hydrogen-bond acceptors (Lipinski definition) is 6. The van der Waals surface area contributed by atoms with Crippen molar-refractivity contribution in [1.29, 1.82) is 0 Å². The molecule has 3 fully saturated rings. The molecule has 4 unspecified atom stereocenters. The van der Waals surface area contributed by atoms with Gasteiger partial charge in [-0.25, -0.2) is 9.78 Å². The van der Waals surface area contributed by atoms with E-state index in [2.05, 4.69) is 10.1 Å². The molecule has 3 aliphatic rings. The number of rotatable bonds is 7. The van der Waals surface area contributed by atoms with Gasteiger partial charge in [0.2, 0.25) is 0 Å². The Kier molecular flexibility index (Phi) is 6.98. The zero-order valence-electron chi connectivity index (χ0n) is 22.4. The molecule has 1 aliphatic carbocycles. The summed E-state index contributed by atoms with van der Waals surface area (Å²) in [5.74, 6) is -0.944. The standard InChI is InChI=1S/C29H27F6N3O4/c1-14-8-16-9-17(10-23(14)38(16)24-11-22(29(33,34)35)19(12-36-24)27(39)40)41-13-20-25(37-42-26(20)15-6-7-15)18-4-2-3-5-21(18)28(30,31)32/h2-5,11-12,14-17,23H,6-10,13H2,1H3,(H,39,40). The summed E-state index contributed by atoms with van der Waals surface area (Å²) in [6.45, 7) is 1.98. The van der Waals surface area contributed by atoms with Crippen molar-refractivity contribution in [1.82, 2.24) is 10.1 Å². The maximum atomic E-state index is 13.8. The minimum Gasteiger partial charge on any atom is -0.478 e. The number of carboxylic acids is 1. The van der Waals surface area contributed by atoms with E-state index in [9.17, 15) is 36.2 Å². The molecule has 2 saturated heterocycles. The number of fused-ring (bicyclic) bond motifs is 2. The summed E-state index contributed by atoms with van der Waals surface area (Å²) in [6.07, 6.45) is -5.72. The number of alkyl halides is 6. The third-order valence-electron chi connectivity index (χ3n) is 8.50. The van der Waals surface area contributed by atoms with Crippen LogP contribution in [0, 0.1) is 5.92 Å². The summed E-state index contributed by atoms with van der Waals surface area (Å²) >= 11 is 0. The summed E-state index contributed by atoms with van der Waals surface area (Å²) in [5, 5.41) is 13.3. The molecule has 2 aliphatic heterocycles. The highest BCUT2D eigenvalue weighted by Crippen LogP contribution is 2.47. The monoisotopic (exact) mass is 595 g/mol. The molecule has 2 bridgehead atoms. The molecule has 0 radical (unpaired) electrons. The van der Waals surface area contributed by atoms with Gasteiger partial charge in [0.1, 0.15) is 17.3 Å². The Morgan fingerprint density at radius 3 is 2.43 bits per heavy atom. The average molecular weight is 596 g/mol. The van der Waals surface area contributed by atoms with Crippen molar-refractivity contribution in [2.75, 3.05) is 4.90 Å². The number of hydrogen-bond donors (Lipinski definition) is 1. The summed E-state index contributed by atoms with van der Waals surface area (Å²) in [5.41, 5.74) is -2.48. The number of halogens is 6. The van der Waals surface area contributed by atoms with E-state index >= 15 is 0 Å². The first-order chi connectivity index (χ1) is 19.8. The highest BCUT2D eigenvalue weighted by atomic mass is 19.4. The van der Waals surface area contributed by atoms with Gasteiger partial charge in [-0.15, -0.1) is 0 Å². The molecule has 0 amide bonds. The zero-order chi connectivity index (χ0) is 30.0. The first-order valence-corrected chi connectivity index (χ1v) is 13.7. The van der Waals surface area contributed by atoms with Crippen LogP contribution in [0.4, 0.5) is 32.2 Å². The molecule has 1 aromatic carbocycles. The van der Waals surface area contributed by atoms with Crippen molar-refractivity contribution in [3.63, 3.8) is 0 Å². The van der Waals surface area contributed by atoms with Gasteiger partial charge in [0.15, 0.2) is 0 Å². The highest BCUT2D eigenvalue weighted by molar-refractivity contribution is 5.89. The molecule has 4 heterocycles. The number of ether oxygens (including phenoxy) is 1. The molecule has 42 heavy (non-hydrogen) atoms. The molecule has 0 spiro atoms. The molecular weight excluding hydrogens is 568 g/mol. The third kappa shape index (κ3) is 5.23. The molecule has 13 heteroatoms. The lowest BCUT2D eigenvalue weighted by atomic mass is 9.96. The first kappa shape index (κ1) is 28.5. The van der Waals surface area contributed by atoms with E-state index in [0.29, 0.717) is 30.6 Å². The van der Waals surface area contributed by atoms with E-state index in [4.69, 9.17) is 9.26 Å². The van der Waals surface area contributed by atoms with Crippen molar-refractivity contribution in [2.45, 2.75) is 82.1 Å². The molecule has 3 aromatic rings. The number of nitrogens with zero attached hydrogens (tertiary/aromatic N) is 3. The second kappa shape index (κ2) is 10.3. The summed E-state index contributed by atoms with van der Waals surface area (Å²) in [4.78, 5) is 17.3. The number of aromatic nitrogens is 2. The van der Waals surface area contributed by atoms with Crippen LogP contribution in [0.15, 0.2) is 41.1 Å². The van der Waals surface area contributed by atoms with Crippen LogP contribution in [0.5, 0.6) is 0 Å². The maximum absolute atomic E-state index is 13.8. The third-order valence-corrected chi connectivity index (χ3v) is 8.50. The van der Waals surface area contributed by atoms with Gasteiger partial charge in [0.05, 0.1) is 29.4 Å². The predicted octanol–water partition coefficient (Wildman–Crippen LogP) is 7.31. The largest absolute Gasteiger partial charge is 0.478 e. The Morgan fingerprint density at radius 1 is 1.07 bits per heavy atom. The van der Waals surface area contributed by atoms with Gasteiger partial charge in [-0.05, 0) is 50.2 Å². The van der Waals surface area contributed by atoms with Crippen LogP contribution < -0.4 is 4.90 Å². The molecule has 4 atom stereocenters. The Bertz CT molecular complexity index is 1500. The topological polar surface area (TPSA) is 88.7 Å². The van der Waals surface area contributed by atoms with Crippen LogP contribution in [-0.4, -0.2) is 39.4 Å². The van der Waals surface area contributed by atoms with Gasteiger partial charge in [-0.1, -0.05) is 30.3 Å². The Hall–Kier alpha value is -3.61. The van der Waals surface area contributed by atoms with E-state index in [-0.39, 0.29) is 53.7 Å². The van der Waals surface area contributed by atoms with E-state index in [1.807, 2.05) is 11.8 Å².